The summed E-state index contributed by atoms with van der Waals surface area (Å²) in [5.41, 5.74) is 5.81. The lowest BCUT2D eigenvalue weighted by Crippen LogP contribution is -2.47. The third-order valence-corrected chi connectivity index (χ3v) is 4.09. The highest BCUT2D eigenvalue weighted by Gasteiger charge is 2.28. The van der Waals surface area contributed by atoms with Crippen LogP contribution in [0.1, 0.15) is 53.4 Å². The van der Waals surface area contributed by atoms with Crippen LogP contribution in [0.15, 0.2) is 0 Å². The minimum absolute atomic E-state index is 0.611. The summed E-state index contributed by atoms with van der Waals surface area (Å²) in [5, 5.41) is 0. The standard InChI is InChI=1S/C14H30N2/c1-11(2)10-16(13(4)12(3)9-15)14-7-5-6-8-14/h11-14H,5-10,15H2,1-4H3. The first-order valence-electron chi connectivity index (χ1n) is 7.02. The van der Waals surface area contributed by atoms with Crippen molar-refractivity contribution in [3.63, 3.8) is 0 Å². The highest BCUT2D eigenvalue weighted by atomic mass is 15.2. The van der Waals surface area contributed by atoms with E-state index < -0.39 is 0 Å². The Morgan fingerprint density at radius 2 is 1.69 bits per heavy atom. The smallest absolute Gasteiger partial charge is 0.0108 e. The molecule has 0 saturated heterocycles. The van der Waals surface area contributed by atoms with Crippen molar-refractivity contribution >= 4 is 0 Å². The normalized spacial score (nSPS) is 21.9. The first kappa shape index (κ1) is 14.0. The Morgan fingerprint density at radius 3 is 2.12 bits per heavy atom. The summed E-state index contributed by atoms with van der Waals surface area (Å²) in [6.07, 6.45) is 5.63. The highest BCUT2D eigenvalue weighted by Crippen LogP contribution is 2.27. The molecule has 1 aliphatic carbocycles. The predicted molar refractivity (Wildman–Crippen MR) is 71.5 cm³/mol. The summed E-state index contributed by atoms with van der Waals surface area (Å²) in [7, 11) is 0. The van der Waals surface area contributed by atoms with Crippen LogP contribution in [0.5, 0.6) is 0 Å². The minimum Gasteiger partial charge on any atom is -0.330 e. The fourth-order valence-corrected chi connectivity index (χ4v) is 2.83. The summed E-state index contributed by atoms with van der Waals surface area (Å²) < 4.78 is 0. The molecule has 0 aromatic rings. The van der Waals surface area contributed by atoms with Crippen molar-refractivity contribution in [2.45, 2.75) is 65.5 Å². The van der Waals surface area contributed by atoms with E-state index in [1.807, 2.05) is 0 Å². The van der Waals surface area contributed by atoms with E-state index in [0.29, 0.717) is 12.0 Å². The number of hydrogen-bond donors (Lipinski definition) is 1. The monoisotopic (exact) mass is 226 g/mol. The predicted octanol–water partition coefficient (Wildman–Crippen LogP) is 2.87. The number of nitrogens with two attached hydrogens (primary N) is 1. The van der Waals surface area contributed by atoms with Crippen molar-refractivity contribution in [3.8, 4) is 0 Å². The quantitative estimate of drug-likeness (QED) is 0.754. The van der Waals surface area contributed by atoms with Gasteiger partial charge in [0.1, 0.15) is 0 Å². The average molecular weight is 226 g/mol. The molecular weight excluding hydrogens is 196 g/mol. The Labute approximate surface area is 102 Å². The Hall–Kier alpha value is -0.0800. The van der Waals surface area contributed by atoms with Gasteiger partial charge in [0.05, 0.1) is 0 Å². The molecule has 0 bridgehead atoms. The fraction of sp³-hybridized carbons (Fsp3) is 1.00. The van der Waals surface area contributed by atoms with Crippen molar-refractivity contribution < 1.29 is 0 Å². The van der Waals surface area contributed by atoms with Crippen LogP contribution in [0.3, 0.4) is 0 Å². The molecule has 0 heterocycles. The van der Waals surface area contributed by atoms with Crippen LogP contribution in [0.4, 0.5) is 0 Å². The van der Waals surface area contributed by atoms with Gasteiger partial charge in [-0.3, -0.25) is 4.90 Å². The van der Waals surface area contributed by atoms with Gasteiger partial charge in [0.15, 0.2) is 0 Å². The van der Waals surface area contributed by atoms with Gasteiger partial charge in [0.25, 0.3) is 0 Å². The summed E-state index contributed by atoms with van der Waals surface area (Å²) >= 11 is 0. The molecule has 1 saturated carbocycles. The molecule has 0 aromatic heterocycles. The average Bonchev–Trinajstić information content (AvgIpc) is 2.76. The van der Waals surface area contributed by atoms with Crippen molar-refractivity contribution in [2.24, 2.45) is 17.6 Å². The van der Waals surface area contributed by atoms with E-state index in [4.69, 9.17) is 5.73 Å². The minimum atomic E-state index is 0.611. The van der Waals surface area contributed by atoms with Gasteiger partial charge in [-0.25, -0.2) is 0 Å². The molecule has 0 aliphatic heterocycles. The van der Waals surface area contributed by atoms with Crippen LogP contribution in [0, 0.1) is 11.8 Å². The van der Waals surface area contributed by atoms with Crippen LogP contribution < -0.4 is 5.73 Å². The SMILES string of the molecule is CC(C)CN(C1CCCC1)C(C)C(C)CN. The summed E-state index contributed by atoms with van der Waals surface area (Å²) in [5.74, 6) is 1.37. The lowest BCUT2D eigenvalue weighted by molar-refractivity contribution is 0.0967. The lowest BCUT2D eigenvalue weighted by Gasteiger charge is -2.38. The molecule has 2 N–H and O–H groups in total. The van der Waals surface area contributed by atoms with E-state index in [-0.39, 0.29) is 0 Å². The molecule has 0 aromatic carbocycles. The molecule has 2 nitrogen and oxygen atoms in total. The van der Waals surface area contributed by atoms with Gasteiger partial charge in [-0.1, -0.05) is 33.6 Å². The van der Waals surface area contributed by atoms with E-state index >= 15 is 0 Å². The maximum absolute atomic E-state index is 5.81. The molecule has 1 fully saturated rings. The van der Waals surface area contributed by atoms with Crippen molar-refractivity contribution in [3.05, 3.63) is 0 Å². The molecule has 0 amide bonds. The molecule has 0 spiro atoms. The van der Waals surface area contributed by atoms with Crippen molar-refractivity contribution in [1.29, 1.82) is 0 Å². The fourth-order valence-electron chi connectivity index (χ4n) is 2.83. The van der Waals surface area contributed by atoms with Crippen molar-refractivity contribution in [1.82, 2.24) is 4.90 Å². The van der Waals surface area contributed by atoms with E-state index in [1.165, 1.54) is 32.2 Å². The molecule has 1 aliphatic rings. The zero-order valence-corrected chi connectivity index (χ0v) is 11.6. The van der Waals surface area contributed by atoms with Gasteiger partial charge in [0.2, 0.25) is 0 Å². The zero-order valence-electron chi connectivity index (χ0n) is 11.6. The van der Waals surface area contributed by atoms with Crippen LogP contribution in [0.2, 0.25) is 0 Å². The Morgan fingerprint density at radius 1 is 1.12 bits per heavy atom. The molecule has 0 radical (unpaired) electrons. The van der Waals surface area contributed by atoms with E-state index in [0.717, 1.165) is 18.5 Å². The highest BCUT2D eigenvalue weighted by molar-refractivity contribution is 4.84. The maximum atomic E-state index is 5.81. The number of rotatable bonds is 6. The second kappa shape index (κ2) is 6.61. The molecule has 16 heavy (non-hydrogen) atoms. The van der Waals surface area contributed by atoms with Crippen LogP contribution >= 0.6 is 0 Å². The molecule has 2 atom stereocenters. The van der Waals surface area contributed by atoms with Crippen LogP contribution in [-0.2, 0) is 0 Å². The third-order valence-electron chi connectivity index (χ3n) is 4.09. The summed E-state index contributed by atoms with van der Waals surface area (Å²) in [6, 6.07) is 1.46. The molecule has 1 rings (SSSR count). The van der Waals surface area contributed by atoms with E-state index in [9.17, 15) is 0 Å². The van der Waals surface area contributed by atoms with Gasteiger partial charge >= 0.3 is 0 Å². The second-order valence-corrected chi connectivity index (χ2v) is 5.98. The number of nitrogens with zero attached hydrogens (tertiary/aromatic N) is 1. The largest absolute Gasteiger partial charge is 0.330 e. The van der Waals surface area contributed by atoms with Gasteiger partial charge < -0.3 is 5.73 Å². The third kappa shape index (κ3) is 3.74. The second-order valence-electron chi connectivity index (χ2n) is 5.98. The summed E-state index contributed by atoms with van der Waals surface area (Å²) in [4.78, 5) is 2.73. The topological polar surface area (TPSA) is 29.3 Å². The van der Waals surface area contributed by atoms with Gasteiger partial charge in [-0.2, -0.15) is 0 Å². The molecule has 2 unspecified atom stereocenters. The number of hydrogen-bond acceptors (Lipinski definition) is 2. The molecule has 96 valence electrons. The zero-order chi connectivity index (χ0) is 12.1. The van der Waals surface area contributed by atoms with E-state index in [1.54, 1.807) is 0 Å². The Bertz CT molecular complexity index is 185. The van der Waals surface area contributed by atoms with E-state index in [2.05, 4.69) is 32.6 Å². The maximum Gasteiger partial charge on any atom is 0.0108 e. The Balaban J connectivity index is 2.61. The van der Waals surface area contributed by atoms with Gasteiger partial charge in [-0.15, -0.1) is 0 Å². The van der Waals surface area contributed by atoms with Gasteiger partial charge in [-0.05, 0) is 38.1 Å². The molecular formula is C14H30N2. The summed E-state index contributed by atoms with van der Waals surface area (Å²) in [6.45, 7) is 11.3. The van der Waals surface area contributed by atoms with Crippen molar-refractivity contribution in [2.75, 3.05) is 13.1 Å². The van der Waals surface area contributed by atoms with Crippen LogP contribution in [0.25, 0.3) is 0 Å². The molecule has 2 heteroatoms. The first-order valence-corrected chi connectivity index (χ1v) is 7.02. The van der Waals surface area contributed by atoms with Gasteiger partial charge in [0, 0.05) is 18.6 Å². The van der Waals surface area contributed by atoms with Crippen LogP contribution in [-0.4, -0.2) is 30.1 Å². The first-order chi connectivity index (χ1) is 7.56. The lowest BCUT2D eigenvalue weighted by atomic mass is 9.98. The Kier molecular flexibility index (Phi) is 5.77.